The average molecular weight is 341 g/mol. The molecule has 0 unspecified atom stereocenters. The first-order valence-electron chi connectivity index (χ1n) is 9.05. The molecule has 1 amide bonds. The van der Waals surface area contributed by atoms with Gasteiger partial charge in [-0.2, -0.15) is 0 Å². The molecule has 3 aromatic rings. The summed E-state index contributed by atoms with van der Waals surface area (Å²) >= 11 is 0. The van der Waals surface area contributed by atoms with Crippen LogP contribution in [0.15, 0.2) is 72.8 Å². The van der Waals surface area contributed by atoms with Crippen molar-refractivity contribution in [1.29, 1.82) is 0 Å². The molecule has 0 saturated carbocycles. The van der Waals surface area contributed by atoms with E-state index >= 15 is 0 Å². The lowest BCUT2D eigenvalue weighted by molar-refractivity contribution is 0.0686. The van der Waals surface area contributed by atoms with Crippen LogP contribution in [0.3, 0.4) is 0 Å². The second-order valence-corrected chi connectivity index (χ2v) is 7.25. The molecule has 2 nitrogen and oxygen atoms in total. The van der Waals surface area contributed by atoms with E-state index in [9.17, 15) is 4.79 Å². The first-order valence-corrected chi connectivity index (χ1v) is 9.05. The minimum absolute atomic E-state index is 0.0132. The van der Waals surface area contributed by atoms with Crippen molar-refractivity contribution in [3.05, 3.63) is 106 Å². The molecule has 1 aliphatic heterocycles. The van der Waals surface area contributed by atoms with Crippen LogP contribution in [0.5, 0.6) is 0 Å². The van der Waals surface area contributed by atoms with Crippen LogP contribution < -0.4 is 0 Å². The summed E-state index contributed by atoms with van der Waals surface area (Å²) in [5.41, 5.74) is 6.81. The highest BCUT2D eigenvalue weighted by molar-refractivity contribution is 5.97. The van der Waals surface area contributed by atoms with Gasteiger partial charge in [0.2, 0.25) is 0 Å². The minimum atomic E-state index is -0.0132. The summed E-state index contributed by atoms with van der Waals surface area (Å²) in [6.45, 7) is 4.19. The Morgan fingerprint density at radius 2 is 1.27 bits per heavy atom. The SMILES string of the molecule is Cc1ccc([C@H]2c3ccccc3C(=O)N(C)[C@H]2c2ccc(C)cc2)cc1. The van der Waals surface area contributed by atoms with Crippen molar-refractivity contribution >= 4 is 5.91 Å². The standard InChI is InChI=1S/C24H23NO/c1-16-8-12-18(13-9-16)22-20-6-4-5-7-21(20)24(26)25(3)23(22)19-14-10-17(2)11-15-19/h4-15,22-23H,1-3H3/t22-,23-/m0/s1. The first kappa shape index (κ1) is 16.6. The minimum Gasteiger partial charge on any atom is -0.334 e. The van der Waals surface area contributed by atoms with Gasteiger partial charge in [0.15, 0.2) is 0 Å². The first-order chi connectivity index (χ1) is 12.6. The van der Waals surface area contributed by atoms with E-state index in [2.05, 4.69) is 68.4 Å². The third-order valence-electron chi connectivity index (χ3n) is 5.43. The van der Waals surface area contributed by atoms with Gasteiger partial charge in [0, 0.05) is 18.5 Å². The Kier molecular flexibility index (Phi) is 4.12. The molecule has 3 aromatic carbocycles. The van der Waals surface area contributed by atoms with Crippen molar-refractivity contribution in [1.82, 2.24) is 4.90 Å². The van der Waals surface area contributed by atoms with E-state index in [4.69, 9.17) is 0 Å². The van der Waals surface area contributed by atoms with Crippen molar-refractivity contribution in [2.45, 2.75) is 25.8 Å². The number of rotatable bonds is 2. The molecule has 4 rings (SSSR count). The zero-order valence-electron chi connectivity index (χ0n) is 15.4. The van der Waals surface area contributed by atoms with Crippen LogP contribution in [-0.2, 0) is 0 Å². The molecule has 0 radical (unpaired) electrons. The van der Waals surface area contributed by atoms with E-state index in [0.29, 0.717) is 0 Å². The number of carbonyl (C=O) groups excluding carboxylic acids is 1. The highest BCUT2D eigenvalue weighted by Gasteiger charge is 2.39. The molecule has 0 aromatic heterocycles. The number of hydrogen-bond donors (Lipinski definition) is 0. The third-order valence-corrected chi connectivity index (χ3v) is 5.43. The number of fused-ring (bicyclic) bond motifs is 1. The zero-order chi connectivity index (χ0) is 18.3. The van der Waals surface area contributed by atoms with Gasteiger partial charge in [0.25, 0.3) is 5.91 Å². The molecule has 2 atom stereocenters. The second-order valence-electron chi connectivity index (χ2n) is 7.25. The van der Waals surface area contributed by atoms with E-state index in [1.807, 2.05) is 30.1 Å². The van der Waals surface area contributed by atoms with Crippen LogP contribution >= 0.6 is 0 Å². The Morgan fingerprint density at radius 3 is 1.88 bits per heavy atom. The van der Waals surface area contributed by atoms with Crippen LogP contribution in [0.1, 0.15) is 50.1 Å². The van der Waals surface area contributed by atoms with Gasteiger partial charge in [0.05, 0.1) is 6.04 Å². The van der Waals surface area contributed by atoms with Crippen molar-refractivity contribution in [2.75, 3.05) is 7.05 Å². The average Bonchev–Trinajstić information content (AvgIpc) is 2.66. The summed E-state index contributed by atoms with van der Waals surface area (Å²) in [5, 5.41) is 0. The number of hydrogen-bond acceptors (Lipinski definition) is 1. The van der Waals surface area contributed by atoms with Gasteiger partial charge >= 0.3 is 0 Å². The molecule has 0 bridgehead atoms. The maximum absolute atomic E-state index is 13.0. The lowest BCUT2D eigenvalue weighted by Gasteiger charge is -2.41. The zero-order valence-corrected chi connectivity index (χ0v) is 15.4. The Morgan fingerprint density at radius 1 is 0.731 bits per heavy atom. The van der Waals surface area contributed by atoms with E-state index < -0.39 is 0 Å². The molecular formula is C24H23NO. The normalized spacial score (nSPS) is 19.3. The van der Waals surface area contributed by atoms with Crippen LogP contribution in [0, 0.1) is 13.8 Å². The summed E-state index contributed by atoms with van der Waals surface area (Å²) in [6, 6.07) is 25.3. The van der Waals surface area contributed by atoms with E-state index in [0.717, 1.165) is 11.1 Å². The van der Waals surface area contributed by atoms with Gasteiger partial charge in [0.1, 0.15) is 0 Å². The summed E-state index contributed by atoms with van der Waals surface area (Å²) in [6.07, 6.45) is 0. The van der Waals surface area contributed by atoms with Gasteiger partial charge in [-0.15, -0.1) is 0 Å². The maximum Gasteiger partial charge on any atom is 0.254 e. The molecule has 1 heterocycles. The summed E-state index contributed by atoms with van der Waals surface area (Å²) < 4.78 is 0. The Balaban J connectivity index is 1.93. The maximum atomic E-state index is 13.0. The second kappa shape index (κ2) is 6.45. The lowest BCUT2D eigenvalue weighted by atomic mass is 9.76. The van der Waals surface area contributed by atoms with Crippen molar-refractivity contribution in [3.63, 3.8) is 0 Å². The van der Waals surface area contributed by atoms with Crippen LogP contribution in [0.25, 0.3) is 0 Å². The third kappa shape index (κ3) is 2.72. The molecule has 2 heteroatoms. The Bertz CT molecular complexity index is 941. The number of amides is 1. The van der Waals surface area contributed by atoms with Crippen LogP contribution in [0.4, 0.5) is 0 Å². The summed E-state index contributed by atoms with van der Waals surface area (Å²) in [5.74, 6) is 0.215. The number of carbonyl (C=O) groups is 1. The van der Waals surface area contributed by atoms with Gasteiger partial charge in [-0.25, -0.2) is 0 Å². The quantitative estimate of drug-likeness (QED) is 0.622. The van der Waals surface area contributed by atoms with Gasteiger partial charge in [-0.05, 0) is 36.6 Å². The van der Waals surface area contributed by atoms with Crippen LogP contribution in [-0.4, -0.2) is 17.9 Å². The Labute approximate surface area is 155 Å². The molecule has 0 spiro atoms. The van der Waals surface area contributed by atoms with Gasteiger partial charge in [-0.3, -0.25) is 4.79 Å². The summed E-state index contributed by atoms with van der Waals surface area (Å²) in [4.78, 5) is 14.9. The monoisotopic (exact) mass is 341 g/mol. The van der Waals surface area contributed by atoms with Crippen LogP contribution in [0.2, 0.25) is 0 Å². The molecule has 0 saturated heterocycles. The van der Waals surface area contributed by atoms with Crippen molar-refractivity contribution < 1.29 is 4.79 Å². The highest BCUT2D eigenvalue weighted by Crippen LogP contribution is 2.45. The lowest BCUT2D eigenvalue weighted by Crippen LogP contribution is -2.40. The summed E-state index contributed by atoms with van der Waals surface area (Å²) in [7, 11) is 1.92. The van der Waals surface area contributed by atoms with E-state index in [1.54, 1.807) is 0 Å². The molecule has 0 fully saturated rings. The predicted molar refractivity (Wildman–Crippen MR) is 105 cm³/mol. The molecular weight excluding hydrogens is 318 g/mol. The van der Waals surface area contributed by atoms with Crippen molar-refractivity contribution in [3.8, 4) is 0 Å². The Hall–Kier alpha value is -2.87. The smallest absolute Gasteiger partial charge is 0.254 e. The number of likely N-dealkylation sites (N-methyl/N-ethyl adjacent to an activating group) is 1. The largest absolute Gasteiger partial charge is 0.334 e. The van der Waals surface area contributed by atoms with Crippen molar-refractivity contribution in [2.24, 2.45) is 0 Å². The molecule has 130 valence electrons. The predicted octanol–water partition coefficient (Wildman–Crippen LogP) is 5.26. The fraction of sp³-hybridized carbons (Fsp3) is 0.208. The highest BCUT2D eigenvalue weighted by atomic mass is 16.2. The molecule has 0 N–H and O–H groups in total. The number of nitrogens with zero attached hydrogens (tertiary/aromatic N) is 1. The molecule has 0 aliphatic carbocycles. The fourth-order valence-electron chi connectivity index (χ4n) is 3.99. The number of aryl methyl sites for hydroxylation is 2. The number of benzene rings is 3. The van der Waals surface area contributed by atoms with E-state index in [1.165, 1.54) is 22.3 Å². The van der Waals surface area contributed by atoms with Gasteiger partial charge < -0.3 is 4.90 Å². The van der Waals surface area contributed by atoms with Gasteiger partial charge in [-0.1, -0.05) is 77.9 Å². The molecule has 1 aliphatic rings. The molecule has 26 heavy (non-hydrogen) atoms. The van der Waals surface area contributed by atoms with E-state index in [-0.39, 0.29) is 17.9 Å². The topological polar surface area (TPSA) is 20.3 Å². The fourth-order valence-corrected chi connectivity index (χ4v) is 3.99.